The average Bonchev–Trinajstić information content (AvgIpc) is 2.36. The van der Waals surface area contributed by atoms with Crippen LogP contribution in [0.4, 0.5) is 0 Å². The average molecular weight is 383 g/mol. The number of alkyl halides is 1. The van der Waals surface area contributed by atoms with Crippen LogP contribution in [0.15, 0.2) is 24.3 Å². The molecule has 4 heteroatoms. The van der Waals surface area contributed by atoms with Crippen molar-refractivity contribution in [1.29, 1.82) is 0 Å². The molecule has 0 fully saturated rings. The van der Waals surface area contributed by atoms with Gasteiger partial charge in [-0.3, -0.25) is 0 Å². The molecule has 18 heavy (non-hydrogen) atoms. The fourth-order valence-corrected chi connectivity index (χ4v) is 2.49. The largest absolute Gasteiger partial charge is 0.379 e. The van der Waals surface area contributed by atoms with Gasteiger partial charge in [0.05, 0.1) is 18.3 Å². The molecule has 0 aliphatic carbocycles. The molecule has 0 amide bonds. The van der Waals surface area contributed by atoms with Crippen molar-refractivity contribution in [2.75, 3.05) is 18.1 Å². The summed E-state index contributed by atoms with van der Waals surface area (Å²) >= 11 is 8.51. The van der Waals surface area contributed by atoms with Crippen LogP contribution in [-0.2, 0) is 9.47 Å². The highest BCUT2D eigenvalue weighted by molar-refractivity contribution is 14.1. The van der Waals surface area contributed by atoms with Gasteiger partial charge in [-0.15, -0.1) is 0 Å². The number of benzene rings is 1. The van der Waals surface area contributed by atoms with Gasteiger partial charge in [-0.05, 0) is 26.3 Å². The van der Waals surface area contributed by atoms with Crippen molar-refractivity contribution in [2.24, 2.45) is 0 Å². The molecule has 0 aromatic heterocycles. The number of rotatable bonds is 7. The van der Waals surface area contributed by atoms with Gasteiger partial charge in [0.2, 0.25) is 0 Å². The van der Waals surface area contributed by atoms with E-state index in [1.54, 1.807) is 7.11 Å². The Bertz CT molecular complexity index is 369. The van der Waals surface area contributed by atoms with Crippen LogP contribution in [0.1, 0.15) is 31.9 Å². The Balaban J connectivity index is 2.56. The van der Waals surface area contributed by atoms with Crippen LogP contribution >= 0.6 is 34.2 Å². The molecule has 2 nitrogen and oxygen atoms in total. The Morgan fingerprint density at radius 1 is 1.33 bits per heavy atom. The first kappa shape index (κ1) is 16.2. The number of hydrogen-bond donors (Lipinski definition) is 0. The van der Waals surface area contributed by atoms with Crippen molar-refractivity contribution < 1.29 is 9.47 Å². The molecule has 0 saturated carbocycles. The van der Waals surface area contributed by atoms with Crippen LogP contribution < -0.4 is 0 Å². The van der Waals surface area contributed by atoms with E-state index in [0.29, 0.717) is 6.61 Å². The number of halogens is 2. The molecule has 1 unspecified atom stereocenters. The van der Waals surface area contributed by atoms with Gasteiger partial charge in [0.15, 0.2) is 0 Å². The lowest BCUT2D eigenvalue weighted by Gasteiger charge is -2.24. The highest BCUT2D eigenvalue weighted by atomic mass is 127. The standard InChI is InChI=1S/C14H20ClIO2/c1-14(2,17-3)8-9-18-13(10-16)11-6-4-5-7-12(11)15/h4-7,13H,8-10H2,1-3H3. The van der Waals surface area contributed by atoms with Gasteiger partial charge in [0, 0.05) is 22.1 Å². The Labute approximate surface area is 128 Å². The zero-order chi connectivity index (χ0) is 13.6. The van der Waals surface area contributed by atoms with Crippen molar-refractivity contribution in [3.8, 4) is 0 Å². The molecule has 0 radical (unpaired) electrons. The summed E-state index contributed by atoms with van der Waals surface area (Å²) in [6.07, 6.45) is 0.910. The van der Waals surface area contributed by atoms with E-state index in [2.05, 4.69) is 36.4 Å². The maximum Gasteiger partial charge on any atom is 0.0928 e. The number of methoxy groups -OCH3 is 1. The van der Waals surface area contributed by atoms with Crippen molar-refractivity contribution in [1.82, 2.24) is 0 Å². The summed E-state index contributed by atoms with van der Waals surface area (Å²) in [6, 6.07) is 7.85. The second-order valence-corrected chi connectivity index (χ2v) is 6.04. The van der Waals surface area contributed by atoms with Crippen molar-refractivity contribution in [3.05, 3.63) is 34.9 Å². The van der Waals surface area contributed by atoms with E-state index in [0.717, 1.165) is 21.4 Å². The molecule has 0 saturated heterocycles. The normalized spacial score (nSPS) is 13.6. The first-order valence-electron chi connectivity index (χ1n) is 5.97. The lowest BCUT2D eigenvalue weighted by molar-refractivity contribution is -0.0225. The fraction of sp³-hybridized carbons (Fsp3) is 0.571. The van der Waals surface area contributed by atoms with E-state index in [1.165, 1.54) is 0 Å². The van der Waals surface area contributed by atoms with Gasteiger partial charge in [0.1, 0.15) is 0 Å². The minimum Gasteiger partial charge on any atom is -0.379 e. The first-order valence-corrected chi connectivity index (χ1v) is 7.87. The summed E-state index contributed by atoms with van der Waals surface area (Å²) in [5.41, 5.74) is 0.917. The number of hydrogen-bond acceptors (Lipinski definition) is 2. The van der Waals surface area contributed by atoms with E-state index in [-0.39, 0.29) is 11.7 Å². The second-order valence-electron chi connectivity index (χ2n) is 4.75. The monoisotopic (exact) mass is 382 g/mol. The van der Waals surface area contributed by atoms with Gasteiger partial charge in [-0.2, -0.15) is 0 Å². The summed E-state index contributed by atoms with van der Waals surface area (Å²) < 4.78 is 12.2. The van der Waals surface area contributed by atoms with Crippen LogP contribution in [-0.4, -0.2) is 23.7 Å². The van der Waals surface area contributed by atoms with Crippen LogP contribution in [0.2, 0.25) is 5.02 Å². The molecule has 0 bridgehead atoms. The molecule has 0 aliphatic rings. The molecule has 0 heterocycles. The minimum atomic E-state index is -0.143. The molecule has 0 spiro atoms. The summed E-state index contributed by atoms with van der Waals surface area (Å²) in [6.45, 7) is 4.79. The van der Waals surface area contributed by atoms with Crippen LogP contribution in [0.5, 0.6) is 0 Å². The van der Waals surface area contributed by atoms with Crippen LogP contribution in [0.25, 0.3) is 0 Å². The third kappa shape index (κ3) is 5.03. The van der Waals surface area contributed by atoms with Crippen LogP contribution in [0.3, 0.4) is 0 Å². The molecular weight excluding hydrogens is 363 g/mol. The van der Waals surface area contributed by atoms with Crippen LogP contribution in [0, 0.1) is 0 Å². The van der Waals surface area contributed by atoms with Gasteiger partial charge >= 0.3 is 0 Å². The fourth-order valence-electron chi connectivity index (χ4n) is 1.50. The molecule has 0 aliphatic heterocycles. The second kappa shape index (κ2) is 7.68. The van der Waals surface area contributed by atoms with E-state index in [1.807, 2.05) is 24.3 Å². The Kier molecular flexibility index (Phi) is 6.92. The van der Waals surface area contributed by atoms with E-state index < -0.39 is 0 Å². The molecule has 1 atom stereocenters. The lowest BCUT2D eigenvalue weighted by Crippen LogP contribution is -2.25. The number of ether oxygens (including phenoxy) is 2. The molecule has 1 aromatic carbocycles. The van der Waals surface area contributed by atoms with Crippen molar-refractivity contribution >= 4 is 34.2 Å². The predicted octanol–water partition coefficient (Wildman–Crippen LogP) is 4.65. The predicted molar refractivity (Wildman–Crippen MR) is 84.7 cm³/mol. The Hall–Kier alpha value is 0.160. The SMILES string of the molecule is COC(C)(C)CCOC(CI)c1ccccc1Cl. The Morgan fingerprint density at radius 2 is 2.00 bits per heavy atom. The summed E-state index contributed by atoms with van der Waals surface area (Å²) in [7, 11) is 1.73. The van der Waals surface area contributed by atoms with Crippen molar-refractivity contribution in [2.45, 2.75) is 32.0 Å². The topological polar surface area (TPSA) is 18.5 Å². The molecule has 1 rings (SSSR count). The zero-order valence-electron chi connectivity index (χ0n) is 11.1. The highest BCUT2D eigenvalue weighted by Crippen LogP contribution is 2.27. The van der Waals surface area contributed by atoms with E-state index in [4.69, 9.17) is 21.1 Å². The van der Waals surface area contributed by atoms with Gasteiger partial charge in [-0.1, -0.05) is 52.4 Å². The molecule has 102 valence electrons. The van der Waals surface area contributed by atoms with E-state index >= 15 is 0 Å². The van der Waals surface area contributed by atoms with Gasteiger partial charge in [0.25, 0.3) is 0 Å². The highest BCUT2D eigenvalue weighted by Gasteiger charge is 2.18. The molecule has 1 aromatic rings. The maximum absolute atomic E-state index is 6.19. The third-order valence-corrected chi connectivity index (χ3v) is 4.11. The quantitative estimate of drug-likeness (QED) is 0.505. The van der Waals surface area contributed by atoms with Gasteiger partial charge in [-0.25, -0.2) is 0 Å². The smallest absolute Gasteiger partial charge is 0.0928 e. The third-order valence-electron chi connectivity index (χ3n) is 2.97. The summed E-state index contributed by atoms with van der Waals surface area (Å²) in [4.78, 5) is 0. The molecular formula is C14H20ClIO2. The molecule has 0 N–H and O–H groups in total. The Morgan fingerprint density at radius 3 is 2.56 bits per heavy atom. The zero-order valence-corrected chi connectivity index (χ0v) is 14.0. The summed E-state index contributed by atoms with van der Waals surface area (Å²) in [5, 5.41) is 0.769. The maximum atomic E-state index is 6.19. The van der Waals surface area contributed by atoms with E-state index in [9.17, 15) is 0 Å². The van der Waals surface area contributed by atoms with Crippen molar-refractivity contribution in [3.63, 3.8) is 0 Å². The minimum absolute atomic E-state index is 0.0481. The lowest BCUT2D eigenvalue weighted by atomic mass is 10.1. The van der Waals surface area contributed by atoms with Gasteiger partial charge < -0.3 is 9.47 Å². The first-order chi connectivity index (χ1) is 8.50. The summed E-state index contributed by atoms with van der Waals surface area (Å²) in [5.74, 6) is 0.